The van der Waals surface area contributed by atoms with Crippen LogP contribution in [0.3, 0.4) is 0 Å². The molecule has 0 heterocycles. The Labute approximate surface area is 82.9 Å². The molecule has 0 aromatic heterocycles. The van der Waals surface area contributed by atoms with Gasteiger partial charge in [0.15, 0.2) is 0 Å². The zero-order chi connectivity index (χ0) is 9.56. The summed E-state index contributed by atoms with van der Waals surface area (Å²) < 4.78 is 0. The van der Waals surface area contributed by atoms with Crippen molar-refractivity contribution in [1.29, 1.82) is 0 Å². The van der Waals surface area contributed by atoms with E-state index in [4.69, 9.17) is 0 Å². The maximum Gasteiger partial charge on any atom is 0.00613 e. The number of nitrogens with zero attached hydrogens (tertiary/aromatic N) is 1. The largest absolute Gasteiger partial charge is 0.303 e. The van der Waals surface area contributed by atoms with Crippen LogP contribution in [-0.4, -0.2) is 30.3 Å². The summed E-state index contributed by atoms with van der Waals surface area (Å²) in [5.41, 5.74) is 0. The fourth-order valence-corrected chi connectivity index (χ4v) is 1.59. The molecule has 2 heteroatoms. The second kappa shape index (κ2) is 6.79. The first-order valence-electron chi connectivity index (χ1n) is 4.96. The maximum atomic E-state index is 4.34. The van der Waals surface area contributed by atoms with Crippen molar-refractivity contribution in [2.75, 3.05) is 19.3 Å². The molecule has 0 N–H and O–H groups in total. The second-order valence-corrected chi connectivity index (χ2v) is 4.02. The average molecular weight is 189 g/mol. The van der Waals surface area contributed by atoms with Gasteiger partial charge in [-0.3, -0.25) is 0 Å². The van der Waals surface area contributed by atoms with E-state index in [0.717, 1.165) is 11.7 Å². The maximum absolute atomic E-state index is 4.34. The van der Waals surface area contributed by atoms with Crippen molar-refractivity contribution in [1.82, 2.24) is 4.90 Å². The molecule has 0 aliphatic rings. The van der Waals surface area contributed by atoms with Gasteiger partial charge in [0, 0.05) is 12.6 Å². The summed E-state index contributed by atoms with van der Waals surface area (Å²) >= 11 is 4.34. The van der Waals surface area contributed by atoms with Crippen LogP contribution in [0.2, 0.25) is 0 Å². The van der Waals surface area contributed by atoms with Gasteiger partial charge in [0.05, 0.1) is 0 Å². The Morgan fingerprint density at radius 1 is 1.25 bits per heavy atom. The van der Waals surface area contributed by atoms with Gasteiger partial charge in [-0.05, 0) is 32.1 Å². The predicted octanol–water partition coefficient (Wildman–Crippen LogP) is 2.67. The van der Waals surface area contributed by atoms with E-state index >= 15 is 0 Å². The Bertz CT molecular complexity index is 102. The van der Waals surface area contributed by atoms with E-state index in [0.29, 0.717) is 6.04 Å². The molecule has 0 amide bonds. The standard InChI is InChI=1S/C10H23NS/c1-5-9(3)11(4)7-10(6-2)8-12/h9-10,12H,5-8H2,1-4H3. The molecule has 0 radical (unpaired) electrons. The molecule has 0 saturated heterocycles. The van der Waals surface area contributed by atoms with Gasteiger partial charge in [-0.25, -0.2) is 0 Å². The quantitative estimate of drug-likeness (QED) is 0.629. The number of hydrogen-bond donors (Lipinski definition) is 1. The van der Waals surface area contributed by atoms with Crippen LogP contribution >= 0.6 is 12.6 Å². The normalized spacial score (nSPS) is 16.5. The van der Waals surface area contributed by atoms with Crippen LogP contribution < -0.4 is 0 Å². The molecule has 0 rings (SSSR count). The summed E-state index contributed by atoms with van der Waals surface area (Å²) in [5.74, 6) is 1.77. The molecule has 0 aromatic carbocycles. The van der Waals surface area contributed by atoms with Crippen molar-refractivity contribution in [3.63, 3.8) is 0 Å². The van der Waals surface area contributed by atoms with E-state index in [1.54, 1.807) is 0 Å². The molecule has 74 valence electrons. The molecule has 0 fully saturated rings. The van der Waals surface area contributed by atoms with Crippen LogP contribution in [0.1, 0.15) is 33.6 Å². The van der Waals surface area contributed by atoms with Gasteiger partial charge < -0.3 is 4.90 Å². The molecule has 0 bridgehead atoms. The fraction of sp³-hybridized carbons (Fsp3) is 1.00. The van der Waals surface area contributed by atoms with Crippen molar-refractivity contribution in [3.8, 4) is 0 Å². The van der Waals surface area contributed by atoms with Crippen LogP contribution in [0.5, 0.6) is 0 Å². The number of rotatable bonds is 6. The summed E-state index contributed by atoms with van der Waals surface area (Å²) in [7, 11) is 2.21. The molecule has 0 aliphatic heterocycles. The summed E-state index contributed by atoms with van der Waals surface area (Å²) in [6.07, 6.45) is 2.48. The summed E-state index contributed by atoms with van der Waals surface area (Å²) in [6.45, 7) is 7.95. The van der Waals surface area contributed by atoms with Crippen molar-refractivity contribution in [3.05, 3.63) is 0 Å². The molecule has 0 saturated carbocycles. The van der Waals surface area contributed by atoms with E-state index in [9.17, 15) is 0 Å². The summed E-state index contributed by atoms with van der Waals surface area (Å²) in [6, 6.07) is 0.707. The van der Waals surface area contributed by atoms with Crippen molar-refractivity contribution in [2.24, 2.45) is 5.92 Å². The van der Waals surface area contributed by atoms with Crippen molar-refractivity contribution < 1.29 is 0 Å². The third kappa shape index (κ3) is 4.36. The van der Waals surface area contributed by atoms with E-state index < -0.39 is 0 Å². The molecule has 2 atom stereocenters. The first-order valence-corrected chi connectivity index (χ1v) is 5.59. The summed E-state index contributed by atoms with van der Waals surface area (Å²) in [5, 5.41) is 0. The van der Waals surface area contributed by atoms with E-state index in [1.165, 1.54) is 19.4 Å². The molecule has 0 spiro atoms. The highest BCUT2D eigenvalue weighted by molar-refractivity contribution is 7.80. The summed E-state index contributed by atoms with van der Waals surface area (Å²) in [4.78, 5) is 2.43. The minimum absolute atomic E-state index is 0.707. The first-order chi connectivity index (χ1) is 5.65. The highest BCUT2D eigenvalue weighted by Crippen LogP contribution is 2.09. The van der Waals surface area contributed by atoms with Gasteiger partial charge in [0.25, 0.3) is 0 Å². The Kier molecular flexibility index (Phi) is 6.96. The van der Waals surface area contributed by atoms with Crippen LogP contribution in [-0.2, 0) is 0 Å². The van der Waals surface area contributed by atoms with Gasteiger partial charge in [-0.15, -0.1) is 0 Å². The molecular formula is C10H23NS. The molecule has 0 aromatic rings. The lowest BCUT2D eigenvalue weighted by atomic mass is 10.1. The van der Waals surface area contributed by atoms with E-state index in [-0.39, 0.29) is 0 Å². The lowest BCUT2D eigenvalue weighted by Crippen LogP contribution is -2.33. The highest BCUT2D eigenvalue weighted by atomic mass is 32.1. The van der Waals surface area contributed by atoms with E-state index in [2.05, 4.69) is 45.3 Å². The first kappa shape index (κ1) is 12.3. The van der Waals surface area contributed by atoms with Crippen LogP contribution in [0.25, 0.3) is 0 Å². The zero-order valence-electron chi connectivity index (χ0n) is 8.88. The minimum Gasteiger partial charge on any atom is -0.303 e. The zero-order valence-corrected chi connectivity index (χ0v) is 9.77. The Hall–Kier alpha value is 0.310. The second-order valence-electron chi connectivity index (χ2n) is 3.65. The molecule has 12 heavy (non-hydrogen) atoms. The van der Waals surface area contributed by atoms with Gasteiger partial charge >= 0.3 is 0 Å². The third-order valence-electron chi connectivity index (χ3n) is 2.73. The minimum atomic E-state index is 0.707. The van der Waals surface area contributed by atoms with Crippen LogP contribution in [0, 0.1) is 5.92 Å². The smallest absolute Gasteiger partial charge is 0.00613 e. The number of thiol groups is 1. The Morgan fingerprint density at radius 2 is 1.83 bits per heavy atom. The lowest BCUT2D eigenvalue weighted by Gasteiger charge is -2.27. The molecule has 2 unspecified atom stereocenters. The van der Waals surface area contributed by atoms with Crippen LogP contribution in [0.4, 0.5) is 0 Å². The third-order valence-corrected chi connectivity index (χ3v) is 3.24. The predicted molar refractivity (Wildman–Crippen MR) is 60.0 cm³/mol. The monoisotopic (exact) mass is 189 g/mol. The molecule has 1 nitrogen and oxygen atoms in total. The lowest BCUT2D eigenvalue weighted by molar-refractivity contribution is 0.219. The topological polar surface area (TPSA) is 3.24 Å². The Morgan fingerprint density at radius 3 is 2.17 bits per heavy atom. The number of hydrogen-bond acceptors (Lipinski definition) is 2. The van der Waals surface area contributed by atoms with Gasteiger partial charge in [0.2, 0.25) is 0 Å². The van der Waals surface area contributed by atoms with Crippen molar-refractivity contribution in [2.45, 2.75) is 39.7 Å². The Balaban J connectivity index is 3.72. The van der Waals surface area contributed by atoms with Crippen LogP contribution in [0.15, 0.2) is 0 Å². The van der Waals surface area contributed by atoms with Gasteiger partial charge in [-0.1, -0.05) is 20.3 Å². The van der Waals surface area contributed by atoms with E-state index in [1.807, 2.05) is 0 Å². The molecule has 0 aliphatic carbocycles. The average Bonchev–Trinajstić information content (AvgIpc) is 2.12. The molecular weight excluding hydrogens is 166 g/mol. The fourth-order valence-electron chi connectivity index (χ4n) is 1.21. The SMILES string of the molecule is CCC(CS)CN(C)C(C)CC. The highest BCUT2D eigenvalue weighted by Gasteiger charge is 2.11. The van der Waals surface area contributed by atoms with Gasteiger partial charge in [-0.2, -0.15) is 12.6 Å². The van der Waals surface area contributed by atoms with Gasteiger partial charge in [0.1, 0.15) is 0 Å². The van der Waals surface area contributed by atoms with Crippen molar-refractivity contribution >= 4 is 12.6 Å².